The highest BCUT2D eigenvalue weighted by Gasteiger charge is 2.33. The first-order chi connectivity index (χ1) is 8.79. The van der Waals surface area contributed by atoms with Crippen LogP contribution in [-0.4, -0.2) is 33.9 Å². The second-order valence-corrected chi connectivity index (χ2v) is 5.31. The van der Waals surface area contributed by atoms with Crippen LogP contribution in [0.4, 0.5) is 0 Å². The highest BCUT2D eigenvalue weighted by Crippen LogP contribution is 2.34. The topological polar surface area (TPSA) is 78.0 Å². The van der Waals surface area contributed by atoms with Crippen molar-refractivity contribution in [3.8, 4) is 0 Å². The number of H-pyrrole nitrogens is 1. The molecule has 98 valence electrons. The number of nitrogens with zero attached hydrogens (tertiary/aromatic N) is 1. The summed E-state index contributed by atoms with van der Waals surface area (Å²) in [5, 5.41) is 19.2. The Balaban J connectivity index is 1.69. The van der Waals surface area contributed by atoms with Gasteiger partial charge in [-0.1, -0.05) is 0 Å². The summed E-state index contributed by atoms with van der Waals surface area (Å²) in [6.45, 7) is 0.125. The molecule has 1 fully saturated rings. The minimum Gasteiger partial charge on any atom is -0.396 e. The molecular weight excluding hydrogens is 230 g/mol. The van der Waals surface area contributed by atoms with Gasteiger partial charge in [0.2, 0.25) is 0 Å². The number of rotatable bonds is 5. The van der Waals surface area contributed by atoms with E-state index in [1.54, 1.807) is 0 Å². The lowest BCUT2D eigenvalue weighted by Crippen LogP contribution is -2.37. The molecule has 1 atom stereocenters. The molecule has 1 saturated carbocycles. The van der Waals surface area contributed by atoms with E-state index in [0.717, 1.165) is 43.4 Å². The molecule has 0 saturated heterocycles. The molecule has 0 spiro atoms. The fraction of sp³-hybridized carbons (Fsp3) is 0.692. The molecule has 1 aromatic heterocycles. The number of fused-ring (bicyclic) bond motifs is 1. The molecule has 1 heterocycles. The third kappa shape index (κ3) is 2.14. The molecule has 1 unspecified atom stereocenters. The molecule has 0 aromatic carbocycles. The molecule has 3 rings (SSSR count). The number of aromatic nitrogens is 2. The van der Waals surface area contributed by atoms with Crippen molar-refractivity contribution in [2.24, 2.45) is 5.92 Å². The van der Waals surface area contributed by atoms with Crippen LogP contribution in [0.5, 0.6) is 0 Å². The van der Waals surface area contributed by atoms with Crippen molar-refractivity contribution in [1.82, 2.24) is 15.5 Å². The highest BCUT2D eigenvalue weighted by atomic mass is 16.3. The van der Waals surface area contributed by atoms with Crippen LogP contribution in [0.25, 0.3) is 0 Å². The second kappa shape index (κ2) is 4.72. The van der Waals surface area contributed by atoms with Gasteiger partial charge in [-0.3, -0.25) is 9.89 Å². The summed E-state index contributed by atoms with van der Waals surface area (Å²) in [6.07, 6.45) is 6.00. The summed E-state index contributed by atoms with van der Waals surface area (Å²) in [6, 6.07) is 0.108. The van der Waals surface area contributed by atoms with Gasteiger partial charge in [0.15, 0.2) is 5.69 Å². The number of carbonyl (C=O) groups is 1. The van der Waals surface area contributed by atoms with E-state index >= 15 is 0 Å². The van der Waals surface area contributed by atoms with E-state index in [4.69, 9.17) is 5.11 Å². The summed E-state index contributed by atoms with van der Waals surface area (Å²) in [5.41, 5.74) is 2.77. The van der Waals surface area contributed by atoms with E-state index < -0.39 is 0 Å². The van der Waals surface area contributed by atoms with E-state index in [9.17, 15) is 4.79 Å². The minimum absolute atomic E-state index is 0.0836. The van der Waals surface area contributed by atoms with E-state index in [1.165, 1.54) is 0 Å². The zero-order valence-corrected chi connectivity index (χ0v) is 10.4. The number of aryl methyl sites for hydroxylation is 1. The highest BCUT2D eigenvalue weighted by molar-refractivity contribution is 5.94. The Bertz CT molecular complexity index is 451. The van der Waals surface area contributed by atoms with Crippen molar-refractivity contribution in [2.75, 3.05) is 6.61 Å². The lowest BCUT2D eigenvalue weighted by atomic mass is 10.1. The van der Waals surface area contributed by atoms with Crippen LogP contribution >= 0.6 is 0 Å². The first-order valence-electron chi connectivity index (χ1n) is 6.77. The van der Waals surface area contributed by atoms with Crippen molar-refractivity contribution in [1.29, 1.82) is 0 Å². The quantitative estimate of drug-likeness (QED) is 0.722. The molecule has 2 aliphatic rings. The average molecular weight is 249 g/mol. The third-order valence-corrected chi connectivity index (χ3v) is 3.97. The predicted octanol–water partition coefficient (Wildman–Crippen LogP) is 0.789. The Morgan fingerprint density at radius 1 is 1.50 bits per heavy atom. The van der Waals surface area contributed by atoms with Gasteiger partial charge >= 0.3 is 0 Å². The van der Waals surface area contributed by atoms with Crippen molar-refractivity contribution < 1.29 is 9.90 Å². The van der Waals surface area contributed by atoms with E-state index in [2.05, 4.69) is 15.5 Å². The number of aliphatic hydroxyl groups is 1. The Morgan fingerprint density at radius 3 is 3.06 bits per heavy atom. The van der Waals surface area contributed by atoms with Crippen molar-refractivity contribution in [2.45, 2.75) is 44.6 Å². The second-order valence-electron chi connectivity index (χ2n) is 5.31. The SMILES string of the molecule is O=C(NC(CCO)C1CC1)c1n[nH]c2c1CCC2. The smallest absolute Gasteiger partial charge is 0.272 e. The van der Waals surface area contributed by atoms with E-state index in [-0.39, 0.29) is 18.6 Å². The monoisotopic (exact) mass is 249 g/mol. The van der Waals surface area contributed by atoms with Crippen molar-refractivity contribution in [3.63, 3.8) is 0 Å². The maximum atomic E-state index is 12.2. The lowest BCUT2D eigenvalue weighted by Gasteiger charge is -2.16. The molecule has 1 amide bonds. The molecule has 1 aromatic rings. The van der Waals surface area contributed by atoms with Crippen molar-refractivity contribution >= 4 is 5.91 Å². The van der Waals surface area contributed by atoms with Gasteiger partial charge in [0.05, 0.1) is 0 Å². The number of aliphatic hydroxyl groups excluding tert-OH is 1. The van der Waals surface area contributed by atoms with Gasteiger partial charge in [0, 0.05) is 23.9 Å². The fourth-order valence-corrected chi connectivity index (χ4v) is 2.81. The van der Waals surface area contributed by atoms with Gasteiger partial charge in [0.25, 0.3) is 5.91 Å². The minimum atomic E-state index is -0.0836. The number of hydrogen-bond donors (Lipinski definition) is 3. The number of nitrogens with one attached hydrogen (secondary N) is 2. The van der Waals surface area contributed by atoms with Crippen LogP contribution in [0, 0.1) is 5.92 Å². The summed E-state index contributed by atoms with van der Waals surface area (Å²) >= 11 is 0. The average Bonchev–Trinajstić information content (AvgIpc) is 2.95. The first-order valence-corrected chi connectivity index (χ1v) is 6.77. The maximum Gasteiger partial charge on any atom is 0.272 e. The number of amides is 1. The zero-order valence-electron chi connectivity index (χ0n) is 10.4. The maximum absolute atomic E-state index is 12.2. The van der Waals surface area contributed by atoms with Crippen LogP contribution in [0.1, 0.15) is 47.4 Å². The van der Waals surface area contributed by atoms with Gasteiger partial charge < -0.3 is 10.4 Å². The molecule has 18 heavy (non-hydrogen) atoms. The van der Waals surface area contributed by atoms with Crippen molar-refractivity contribution in [3.05, 3.63) is 17.0 Å². The summed E-state index contributed by atoms with van der Waals surface area (Å²) < 4.78 is 0. The van der Waals surface area contributed by atoms with Crippen LogP contribution in [0.15, 0.2) is 0 Å². The molecule has 0 bridgehead atoms. The van der Waals surface area contributed by atoms with Gasteiger partial charge in [0.1, 0.15) is 0 Å². The molecule has 2 aliphatic carbocycles. The lowest BCUT2D eigenvalue weighted by molar-refractivity contribution is 0.0918. The Hall–Kier alpha value is -1.36. The summed E-state index contributed by atoms with van der Waals surface area (Å²) in [5.74, 6) is 0.466. The predicted molar refractivity (Wildman–Crippen MR) is 66.3 cm³/mol. The molecule has 0 aliphatic heterocycles. The largest absolute Gasteiger partial charge is 0.396 e. The van der Waals surface area contributed by atoms with Crippen LogP contribution < -0.4 is 5.32 Å². The number of hydrogen-bond acceptors (Lipinski definition) is 3. The van der Waals surface area contributed by atoms with E-state index in [1.807, 2.05) is 0 Å². The standard InChI is InChI=1S/C13H19N3O2/c17-7-6-10(8-4-5-8)14-13(18)12-9-2-1-3-11(9)15-16-12/h8,10,17H,1-7H2,(H,14,18)(H,15,16). The Morgan fingerprint density at radius 2 is 2.33 bits per heavy atom. The van der Waals surface area contributed by atoms with Gasteiger partial charge in [-0.25, -0.2) is 0 Å². The van der Waals surface area contributed by atoms with Gasteiger partial charge in [-0.2, -0.15) is 5.10 Å². The molecule has 0 radical (unpaired) electrons. The van der Waals surface area contributed by atoms with Crippen LogP contribution in [0.2, 0.25) is 0 Å². The van der Waals surface area contributed by atoms with Crippen LogP contribution in [0.3, 0.4) is 0 Å². The number of aromatic amines is 1. The summed E-state index contributed by atoms with van der Waals surface area (Å²) in [7, 11) is 0. The summed E-state index contributed by atoms with van der Waals surface area (Å²) in [4.78, 5) is 12.2. The first kappa shape index (κ1) is 11.7. The Kier molecular flexibility index (Phi) is 3.07. The molecule has 5 heteroatoms. The molecule has 5 nitrogen and oxygen atoms in total. The van der Waals surface area contributed by atoms with Crippen LogP contribution in [-0.2, 0) is 12.8 Å². The van der Waals surface area contributed by atoms with E-state index in [0.29, 0.717) is 18.0 Å². The number of carbonyl (C=O) groups excluding carboxylic acids is 1. The van der Waals surface area contributed by atoms with Gasteiger partial charge in [-0.05, 0) is 44.4 Å². The fourth-order valence-electron chi connectivity index (χ4n) is 2.81. The zero-order chi connectivity index (χ0) is 12.5. The normalized spacial score (nSPS) is 19.6. The molecular formula is C13H19N3O2. The Labute approximate surface area is 106 Å². The third-order valence-electron chi connectivity index (χ3n) is 3.97. The molecule has 3 N–H and O–H groups in total. The van der Waals surface area contributed by atoms with Gasteiger partial charge in [-0.15, -0.1) is 0 Å².